The largest absolute Gasteiger partial charge is 0.453 e. The molecule has 0 aliphatic rings. The van der Waals surface area contributed by atoms with Gasteiger partial charge in [0.25, 0.3) is 0 Å². The third-order valence-electron chi connectivity index (χ3n) is 4.31. The van der Waals surface area contributed by atoms with Crippen LogP contribution in [0.25, 0.3) is 0 Å². The van der Waals surface area contributed by atoms with E-state index in [2.05, 4.69) is 41.7 Å². The van der Waals surface area contributed by atoms with Crippen molar-refractivity contribution >= 4 is 40.9 Å². The average molecular weight is 496 g/mol. The molecule has 0 unspecified atom stereocenters. The lowest BCUT2D eigenvalue weighted by Gasteiger charge is -2.28. The number of amides is 1. The SMILES string of the molecule is COC(=O)N/C(=C\Cl)[P+](c1ccccc1)(c1ccccc1)c1ccccc1.[O-][Cl+3]([O-])([O-])[O-]. The number of ether oxygens (including phenoxy) is 1. The fourth-order valence-corrected chi connectivity index (χ4v) is 7.65. The molecule has 1 amide bonds. The molecule has 0 aliphatic carbocycles. The monoisotopic (exact) mass is 495 g/mol. The summed E-state index contributed by atoms with van der Waals surface area (Å²) >= 11 is 6.30. The Labute approximate surface area is 193 Å². The van der Waals surface area contributed by atoms with Crippen LogP contribution in [0, 0.1) is 10.2 Å². The molecule has 0 radical (unpaired) electrons. The summed E-state index contributed by atoms with van der Waals surface area (Å²) in [6.07, 6.45) is -0.547. The minimum atomic E-state index is -4.94. The highest BCUT2D eigenvalue weighted by atomic mass is 35.7. The van der Waals surface area contributed by atoms with E-state index in [9.17, 15) is 4.79 Å². The summed E-state index contributed by atoms with van der Waals surface area (Å²) in [6, 6.07) is 30.4. The van der Waals surface area contributed by atoms with E-state index in [-0.39, 0.29) is 0 Å². The van der Waals surface area contributed by atoms with Crippen molar-refractivity contribution in [2.45, 2.75) is 0 Å². The number of hydrogen-bond acceptors (Lipinski definition) is 6. The molecule has 0 aliphatic heterocycles. The number of methoxy groups -OCH3 is 1. The lowest BCUT2D eigenvalue weighted by molar-refractivity contribution is -2.00. The first-order valence-corrected chi connectivity index (χ1v) is 12.5. The van der Waals surface area contributed by atoms with Crippen LogP contribution in [0.1, 0.15) is 0 Å². The summed E-state index contributed by atoms with van der Waals surface area (Å²) in [7, 11) is -6.02. The van der Waals surface area contributed by atoms with Gasteiger partial charge in [0, 0.05) is 0 Å². The molecule has 3 aromatic carbocycles. The van der Waals surface area contributed by atoms with Crippen molar-refractivity contribution in [3.8, 4) is 0 Å². The second-order valence-electron chi connectivity index (χ2n) is 6.17. The Kier molecular flexibility index (Phi) is 9.62. The highest BCUT2D eigenvalue weighted by Gasteiger charge is 2.50. The molecule has 0 spiro atoms. The first-order valence-electron chi connectivity index (χ1n) is 9.07. The van der Waals surface area contributed by atoms with Crippen molar-refractivity contribution < 1.29 is 38.4 Å². The Balaban J connectivity index is 0.000000654. The van der Waals surface area contributed by atoms with Crippen molar-refractivity contribution in [1.82, 2.24) is 5.32 Å². The molecule has 0 fully saturated rings. The highest BCUT2D eigenvalue weighted by Crippen LogP contribution is 2.61. The maximum atomic E-state index is 12.1. The van der Waals surface area contributed by atoms with Gasteiger partial charge in [-0.25, -0.2) is 23.4 Å². The predicted octanol–water partition coefficient (Wildman–Crippen LogP) is -0.382. The Morgan fingerprint density at radius 3 is 1.38 bits per heavy atom. The zero-order valence-corrected chi connectivity index (χ0v) is 19.3. The second-order valence-corrected chi connectivity index (χ2v) is 10.5. The first-order chi connectivity index (χ1) is 15.2. The van der Waals surface area contributed by atoms with Gasteiger partial charge in [0.1, 0.15) is 15.9 Å². The van der Waals surface area contributed by atoms with Crippen LogP contribution in [-0.4, -0.2) is 13.2 Å². The van der Waals surface area contributed by atoms with Gasteiger partial charge in [0.15, 0.2) is 12.7 Å². The summed E-state index contributed by atoms with van der Waals surface area (Å²) in [4.78, 5) is 12.1. The number of carbonyl (C=O) groups excluding carboxylic acids is 1. The van der Waals surface area contributed by atoms with Crippen molar-refractivity contribution in [1.29, 1.82) is 0 Å². The molecule has 3 aromatic rings. The van der Waals surface area contributed by atoms with Crippen LogP contribution in [0.2, 0.25) is 0 Å². The molecule has 0 bridgehead atoms. The fourth-order valence-electron chi connectivity index (χ4n) is 3.16. The standard InChI is InChI=1S/C22H19ClNO2P.ClHO4/c1-26-22(25)24-21(17-23)27(18-11-5-2-6-12-18,19-13-7-3-8-14-19)20-15-9-4-10-16-20;2-1(3,4)5/h2-17H,1H3;(H,2,3,4,5)/b21-17+;. The van der Waals surface area contributed by atoms with Crippen LogP contribution in [0.3, 0.4) is 0 Å². The van der Waals surface area contributed by atoms with Crippen LogP contribution >= 0.6 is 18.9 Å². The molecule has 0 atom stereocenters. The molecule has 10 heteroatoms. The number of benzene rings is 3. The zero-order chi connectivity index (χ0) is 23.6. The Bertz CT molecular complexity index is 912. The Hall–Kier alpha value is -2.48. The van der Waals surface area contributed by atoms with Gasteiger partial charge < -0.3 is 4.74 Å². The van der Waals surface area contributed by atoms with Crippen molar-refractivity contribution in [3.63, 3.8) is 0 Å². The van der Waals surface area contributed by atoms with E-state index < -0.39 is 23.6 Å². The molecule has 0 saturated carbocycles. The lowest BCUT2D eigenvalue weighted by atomic mass is 10.4. The number of rotatable bonds is 5. The van der Waals surface area contributed by atoms with Crippen LogP contribution in [0.15, 0.2) is 102 Å². The van der Waals surface area contributed by atoms with E-state index in [0.717, 1.165) is 15.9 Å². The number of halogens is 2. The molecule has 0 saturated heterocycles. The van der Waals surface area contributed by atoms with Crippen LogP contribution in [0.5, 0.6) is 0 Å². The first kappa shape index (κ1) is 25.8. The van der Waals surface area contributed by atoms with Gasteiger partial charge in [-0.05, 0) is 36.4 Å². The number of hydrogen-bond donors (Lipinski definition) is 1. The van der Waals surface area contributed by atoms with E-state index in [1.165, 1.54) is 12.6 Å². The van der Waals surface area contributed by atoms with Crippen molar-refractivity contribution in [3.05, 3.63) is 102 Å². The molecule has 32 heavy (non-hydrogen) atoms. The Morgan fingerprint density at radius 1 is 0.812 bits per heavy atom. The van der Waals surface area contributed by atoms with Gasteiger partial charge in [0.05, 0.1) is 12.6 Å². The van der Waals surface area contributed by atoms with Gasteiger partial charge >= 0.3 is 6.09 Å². The third-order valence-corrected chi connectivity index (χ3v) is 8.86. The number of nitrogens with one attached hydrogen (secondary N) is 1. The molecular weight excluding hydrogens is 476 g/mol. The van der Waals surface area contributed by atoms with Gasteiger partial charge in [-0.2, -0.15) is 0 Å². The zero-order valence-electron chi connectivity index (χ0n) is 16.9. The summed E-state index contributed by atoms with van der Waals surface area (Å²) in [6.45, 7) is 0. The molecule has 3 rings (SSSR count). The van der Waals surface area contributed by atoms with Crippen LogP contribution in [0.4, 0.5) is 4.79 Å². The normalized spacial score (nSPS) is 11.8. The van der Waals surface area contributed by atoms with Gasteiger partial charge in [-0.3, -0.25) is 5.32 Å². The summed E-state index contributed by atoms with van der Waals surface area (Å²) < 4.78 is 38.8. The molecule has 1 N–H and O–H groups in total. The van der Waals surface area contributed by atoms with E-state index in [4.69, 9.17) is 35.0 Å². The minimum absolute atomic E-state index is 0.547. The minimum Gasteiger partial charge on any atom is -0.453 e. The summed E-state index contributed by atoms with van der Waals surface area (Å²) in [5.74, 6) is 0. The smallest absolute Gasteiger partial charge is 0.413 e. The van der Waals surface area contributed by atoms with Crippen molar-refractivity contribution in [2.24, 2.45) is 0 Å². The van der Waals surface area contributed by atoms with Gasteiger partial charge in [-0.15, -0.1) is 10.2 Å². The van der Waals surface area contributed by atoms with Crippen LogP contribution in [-0.2, 0) is 4.74 Å². The summed E-state index contributed by atoms with van der Waals surface area (Å²) in [5.41, 5.74) is 2.08. The second kappa shape index (κ2) is 11.9. The highest BCUT2D eigenvalue weighted by molar-refractivity contribution is 7.99. The van der Waals surface area contributed by atoms with Crippen molar-refractivity contribution in [2.75, 3.05) is 7.11 Å². The number of carbonyl (C=O) groups is 1. The lowest BCUT2D eigenvalue weighted by Crippen LogP contribution is -2.68. The molecule has 0 heterocycles. The van der Waals surface area contributed by atoms with E-state index in [1.54, 1.807) is 0 Å². The fraction of sp³-hybridized carbons (Fsp3) is 0.0455. The van der Waals surface area contributed by atoms with Gasteiger partial charge in [-0.1, -0.05) is 66.2 Å². The van der Waals surface area contributed by atoms with E-state index >= 15 is 0 Å². The maximum Gasteiger partial charge on any atom is 0.413 e. The average Bonchev–Trinajstić information content (AvgIpc) is 2.79. The molecule has 7 nitrogen and oxygen atoms in total. The number of alkyl carbamates (subject to hydrolysis) is 1. The quantitative estimate of drug-likeness (QED) is 0.480. The predicted molar refractivity (Wildman–Crippen MR) is 115 cm³/mol. The van der Waals surface area contributed by atoms with E-state index in [0.29, 0.717) is 5.44 Å². The molecule has 168 valence electrons. The maximum absolute atomic E-state index is 12.1. The Morgan fingerprint density at radius 2 is 1.12 bits per heavy atom. The molecule has 0 aromatic heterocycles. The van der Waals surface area contributed by atoms with Crippen LogP contribution < -0.4 is 39.9 Å². The third kappa shape index (κ3) is 6.76. The van der Waals surface area contributed by atoms with Gasteiger partial charge in [0.2, 0.25) is 0 Å². The summed E-state index contributed by atoms with van der Waals surface area (Å²) in [5, 5.41) is 6.14. The van der Waals surface area contributed by atoms with E-state index in [1.807, 2.05) is 54.6 Å². The topological polar surface area (TPSA) is 131 Å². The molecular formula is C22H20Cl2NO6P.